The second-order valence-corrected chi connectivity index (χ2v) is 3.76. The molecule has 2 unspecified atom stereocenters. The fraction of sp³-hybridized carbons (Fsp3) is 1.00. The third-order valence-corrected chi connectivity index (χ3v) is 2.68. The maximum Gasteiger partial charge on any atom is 0.0241 e. The molecule has 0 bridgehead atoms. The van der Waals surface area contributed by atoms with Crippen molar-refractivity contribution in [2.24, 2.45) is 5.73 Å². The number of hydrogen-bond donors (Lipinski definition) is 1. The van der Waals surface area contributed by atoms with Crippen LogP contribution in [-0.2, 0) is 0 Å². The molecule has 1 saturated heterocycles. The first kappa shape index (κ1) is 9.01. The second kappa shape index (κ2) is 4.07. The van der Waals surface area contributed by atoms with Gasteiger partial charge in [0.15, 0.2) is 0 Å². The van der Waals surface area contributed by atoms with Crippen LogP contribution in [0.4, 0.5) is 0 Å². The predicted octanol–water partition coefficient (Wildman–Crippen LogP) is 1.21. The van der Waals surface area contributed by atoms with Gasteiger partial charge in [-0.25, -0.2) is 0 Å². The van der Waals surface area contributed by atoms with Gasteiger partial charge in [-0.05, 0) is 33.4 Å². The summed E-state index contributed by atoms with van der Waals surface area (Å²) >= 11 is 0. The normalized spacial score (nSPS) is 31.4. The zero-order chi connectivity index (χ0) is 8.27. The molecule has 0 aromatic heterocycles. The lowest BCUT2D eigenvalue weighted by Crippen LogP contribution is -2.43. The quantitative estimate of drug-likeness (QED) is 0.618. The molecular formula is C9H20N2. The molecule has 2 N–H and O–H groups in total. The Kier molecular flexibility index (Phi) is 3.34. The number of likely N-dealkylation sites (tertiary alicyclic amines) is 1. The minimum Gasteiger partial charge on any atom is -0.327 e. The van der Waals surface area contributed by atoms with E-state index in [1.807, 2.05) is 0 Å². The van der Waals surface area contributed by atoms with Crippen LogP contribution in [0.1, 0.15) is 32.6 Å². The number of nitrogens with two attached hydrogens (primary N) is 1. The Morgan fingerprint density at radius 2 is 2.09 bits per heavy atom. The highest BCUT2D eigenvalue weighted by molar-refractivity contribution is 4.79. The lowest BCUT2D eigenvalue weighted by Gasteiger charge is -2.28. The summed E-state index contributed by atoms with van der Waals surface area (Å²) in [4.78, 5) is 2.41. The molecule has 66 valence electrons. The van der Waals surface area contributed by atoms with Crippen molar-refractivity contribution >= 4 is 0 Å². The van der Waals surface area contributed by atoms with E-state index in [4.69, 9.17) is 5.73 Å². The molecule has 0 radical (unpaired) electrons. The first-order chi connectivity index (χ1) is 5.22. The molecule has 0 aliphatic carbocycles. The number of hydrogen-bond acceptors (Lipinski definition) is 2. The van der Waals surface area contributed by atoms with Crippen molar-refractivity contribution in [2.75, 3.05) is 13.6 Å². The van der Waals surface area contributed by atoms with Gasteiger partial charge in [-0.3, -0.25) is 0 Å². The Balaban J connectivity index is 2.45. The molecule has 1 fully saturated rings. The average Bonchev–Trinajstić information content (AvgIpc) is 2.13. The highest BCUT2D eigenvalue weighted by Gasteiger charge is 2.20. The van der Waals surface area contributed by atoms with Crippen LogP contribution in [0.2, 0.25) is 0 Å². The molecule has 0 spiro atoms. The largest absolute Gasteiger partial charge is 0.327 e. The summed E-state index contributed by atoms with van der Waals surface area (Å²) in [7, 11) is 2.19. The van der Waals surface area contributed by atoms with E-state index in [-0.39, 0.29) is 0 Å². The summed E-state index contributed by atoms with van der Waals surface area (Å²) in [5.74, 6) is 0. The number of likely N-dealkylation sites (N-methyl/N-ethyl adjacent to an activating group) is 1. The van der Waals surface area contributed by atoms with Gasteiger partial charge in [0.05, 0.1) is 0 Å². The molecule has 1 aliphatic heterocycles. The van der Waals surface area contributed by atoms with Crippen LogP contribution in [0.15, 0.2) is 0 Å². The van der Waals surface area contributed by atoms with E-state index in [9.17, 15) is 0 Å². The maximum atomic E-state index is 5.89. The van der Waals surface area contributed by atoms with Crippen molar-refractivity contribution in [2.45, 2.75) is 44.7 Å². The van der Waals surface area contributed by atoms with E-state index in [2.05, 4.69) is 18.9 Å². The Morgan fingerprint density at radius 3 is 2.73 bits per heavy atom. The van der Waals surface area contributed by atoms with Gasteiger partial charge in [0.2, 0.25) is 0 Å². The van der Waals surface area contributed by atoms with E-state index in [1.54, 1.807) is 0 Å². The minimum atomic E-state index is 0.332. The van der Waals surface area contributed by atoms with Gasteiger partial charge >= 0.3 is 0 Å². The molecular weight excluding hydrogens is 136 g/mol. The van der Waals surface area contributed by atoms with Gasteiger partial charge < -0.3 is 10.6 Å². The molecule has 0 amide bonds. The van der Waals surface area contributed by atoms with Crippen LogP contribution in [0, 0.1) is 0 Å². The Morgan fingerprint density at radius 1 is 1.36 bits per heavy atom. The Bertz CT molecular complexity index is 112. The topological polar surface area (TPSA) is 29.3 Å². The van der Waals surface area contributed by atoms with Gasteiger partial charge in [0.1, 0.15) is 0 Å². The summed E-state index contributed by atoms with van der Waals surface area (Å²) in [6.07, 6.45) is 5.37. The molecule has 0 saturated carbocycles. The van der Waals surface area contributed by atoms with Gasteiger partial charge in [-0.1, -0.05) is 12.8 Å². The fourth-order valence-electron chi connectivity index (χ4n) is 1.94. The monoisotopic (exact) mass is 156 g/mol. The van der Waals surface area contributed by atoms with E-state index < -0.39 is 0 Å². The standard InChI is InChI=1S/C9H20N2/c1-8(10)9-6-4-3-5-7-11(9)2/h8-9H,3-7,10H2,1-2H3. The molecule has 1 aliphatic rings. The summed E-state index contributed by atoms with van der Waals surface area (Å²) in [6.45, 7) is 3.35. The lowest BCUT2D eigenvalue weighted by molar-refractivity contribution is 0.220. The zero-order valence-electron chi connectivity index (χ0n) is 7.71. The molecule has 1 rings (SSSR count). The van der Waals surface area contributed by atoms with Crippen LogP contribution >= 0.6 is 0 Å². The lowest BCUT2D eigenvalue weighted by atomic mass is 10.0. The minimum absolute atomic E-state index is 0.332. The van der Waals surface area contributed by atoms with Gasteiger partial charge in [0, 0.05) is 12.1 Å². The van der Waals surface area contributed by atoms with Crippen molar-refractivity contribution in [3.63, 3.8) is 0 Å². The summed E-state index contributed by atoms with van der Waals surface area (Å²) in [5, 5.41) is 0. The molecule has 11 heavy (non-hydrogen) atoms. The van der Waals surface area contributed by atoms with Crippen molar-refractivity contribution in [3.8, 4) is 0 Å². The molecule has 2 nitrogen and oxygen atoms in total. The van der Waals surface area contributed by atoms with Gasteiger partial charge in [0.25, 0.3) is 0 Å². The van der Waals surface area contributed by atoms with Crippen molar-refractivity contribution in [1.29, 1.82) is 0 Å². The Hall–Kier alpha value is -0.0800. The first-order valence-corrected chi connectivity index (χ1v) is 4.67. The molecule has 0 aromatic rings. The highest BCUT2D eigenvalue weighted by atomic mass is 15.1. The van der Waals surface area contributed by atoms with E-state index in [1.165, 1.54) is 32.2 Å². The Labute approximate surface area is 69.8 Å². The third kappa shape index (κ3) is 2.46. The maximum absolute atomic E-state index is 5.89. The second-order valence-electron chi connectivity index (χ2n) is 3.76. The predicted molar refractivity (Wildman–Crippen MR) is 48.5 cm³/mol. The zero-order valence-corrected chi connectivity index (χ0v) is 7.71. The van der Waals surface area contributed by atoms with Gasteiger partial charge in [-0.15, -0.1) is 0 Å². The summed E-state index contributed by atoms with van der Waals surface area (Å²) in [6, 6.07) is 0.954. The van der Waals surface area contributed by atoms with Crippen LogP contribution in [0.3, 0.4) is 0 Å². The third-order valence-electron chi connectivity index (χ3n) is 2.68. The molecule has 0 aromatic carbocycles. The summed E-state index contributed by atoms with van der Waals surface area (Å²) in [5.41, 5.74) is 5.89. The van der Waals surface area contributed by atoms with Crippen LogP contribution in [0.5, 0.6) is 0 Å². The number of rotatable bonds is 1. The van der Waals surface area contributed by atoms with E-state index in [0.717, 1.165) is 0 Å². The number of nitrogens with zero attached hydrogens (tertiary/aromatic N) is 1. The molecule has 2 heteroatoms. The smallest absolute Gasteiger partial charge is 0.0241 e. The molecule has 1 heterocycles. The van der Waals surface area contributed by atoms with E-state index in [0.29, 0.717) is 12.1 Å². The van der Waals surface area contributed by atoms with Crippen molar-refractivity contribution < 1.29 is 0 Å². The van der Waals surface area contributed by atoms with E-state index >= 15 is 0 Å². The van der Waals surface area contributed by atoms with Crippen LogP contribution in [-0.4, -0.2) is 30.6 Å². The SMILES string of the molecule is CC(N)C1CCCCCN1C. The average molecular weight is 156 g/mol. The van der Waals surface area contributed by atoms with Crippen molar-refractivity contribution in [1.82, 2.24) is 4.90 Å². The van der Waals surface area contributed by atoms with Crippen LogP contribution in [0.25, 0.3) is 0 Å². The van der Waals surface area contributed by atoms with Crippen LogP contribution < -0.4 is 5.73 Å². The highest BCUT2D eigenvalue weighted by Crippen LogP contribution is 2.16. The fourth-order valence-corrected chi connectivity index (χ4v) is 1.94. The van der Waals surface area contributed by atoms with Crippen molar-refractivity contribution in [3.05, 3.63) is 0 Å². The summed E-state index contributed by atoms with van der Waals surface area (Å²) < 4.78 is 0. The van der Waals surface area contributed by atoms with Gasteiger partial charge in [-0.2, -0.15) is 0 Å². The first-order valence-electron chi connectivity index (χ1n) is 4.67. The molecule has 2 atom stereocenters.